The summed E-state index contributed by atoms with van der Waals surface area (Å²) in [7, 11) is 0. The molecule has 2 aromatic carbocycles. The molecule has 0 aliphatic heterocycles. The molecule has 3 rings (SSSR count). The SMILES string of the molecule is O=C(NC/C(=C/F)COc1ccc(-c2nc3ccc(Cl)cc3s2)cc1)C(F)(F)F. The molecule has 0 aliphatic carbocycles. The van der Waals surface area contributed by atoms with E-state index in [2.05, 4.69) is 4.98 Å². The summed E-state index contributed by atoms with van der Waals surface area (Å²) in [5.41, 5.74) is 1.52. The first kappa shape index (κ1) is 21.1. The highest BCUT2D eigenvalue weighted by Gasteiger charge is 2.38. The number of benzene rings is 2. The molecule has 0 atom stereocenters. The summed E-state index contributed by atoms with van der Waals surface area (Å²) in [5, 5.41) is 3.00. The first-order valence-electron chi connectivity index (χ1n) is 8.19. The van der Waals surface area contributed by atoms with Crippen LogP contribution >= 0.6 is 22.9 Å². The predicted octanol–water partition coefficient (Wildman–Crippen LogP) is 5.53. The molecule has 10 heteroatoms. The number of amides is 1. The number of nitrogens with one attached hydrogen (secondary N) is 1. The van der Waals surface area contributed by atoms with Gasteiger partial charge in [-0.1, -0.05) is 11.6 Å². The summed E-state index contributed by atoms with van der Waals surface area (Å²) < 4.78 is 55.6. The molecule has 4 nitrogen and oxygen atoms in total. The molecule has 1 heterocycles. The van der Waals surface area contributed by atoms with Gasteiger partial charge >= 0.3 is 12.1 Å². The van der Waals surface area contributed by atoms with Crippen molar-refractivity contribution in [2.24, 2.45) is 0 Å². The number of hydrogen-bond acceptors (Lipinski definition) is 4. The predicted molar refractivity (Wildman–Crippen MR) is 104 cm³/mol. The summed E-state index contributed by atoms with van der Waals surface area (Å²) >= 11 is 7.46. The zero-order chi connectivity index (χ0) is 21.0. The number of aromatic nitrogens is 1. The fraction of sp³-hybridized carbons (Fsp3) is 0.158. The number of rotatable bonds is 6. The van der Waals surface area contributed by atoms with Crippen molar-refractivity contribution in [3.63, 3.8) is 0 Å². The van der Waals surface area contributed by atoms with E-state index in [1.165, 1.54) is 11.3 Å². The summed E-state index contributed by atoms with van der Waals surface area (Å²) in [6, 6.07) is 12.2. The van der Waals surface area contributed by atoms with Crippen LogP contribution in [0.15, 0.2) is 54.4 Å². The first-order valence-corrected chi connectivity index (χ1v) is 9.38. The zero-order valence-corrected chi connectivity index (χ0v) is 16.2. The highest BCUT2D eigenvalue weighted by molar-refractivity contribution is 7.21. The largest absolute Gasteiger partial charge is 0.489 e. The number of hydrogen-bond donors (Lipinski definition) is 1. The molecule has 0 fully saturated rings. The molecule has 0 aliphatic rings. The van der Waals surface area contributed by atoms with Crippen LogP contribution < -0.4 is 10.1 Å². The highest BCUT2D eigenvalue weighted by Crippen LogP contribution is 2.32. The maximum Gasteiger partial charge on any atom is 0.471 e. The monoisotopic (exact) mass is 444 g/mol. The average molecular weight is 445 g/mol. The molecular formula is C19H13ClF4N2O2S. The molecule has 1 N–H and O–H groups in total. The number of carbonyl (C=O) groups is 1. The van der Waals surface area contributed by atoms with E-state index in [1.54, 1.807) is 35.6 Å². The topological polar surface area (TPSA) is 51.2 Å². The van der Waals surface area contributed by atoms with Gasteiger partial charge in [-0.15, -0.1) is 11.3 Å². The standard InChI is InChI=1S/C19H13ClF4N2O2S/c20-13-3-6-15-16(7-13)29-17(26-15)12-1-4-14(5-2-12)28-10-11(8-21)9-25-18(27)19(22,23)24/h1-8H,9-10H2,(H,25,27)/b11-8-. The highest BCUT2D eigenvalue weighted by atomic mass is 35.5. The second-order valence-corrected chi connectivity index (χ2v) is 7.36. The van der Waals surface area contributed by atoms with Crippen molar-refractivity contribution < 1.29 is 27.1 Å². The quantitative estimate of drug-likeness (QED) is 0.509. The fourth-order valence-electron chi connectivity index (χ4n) is 2.31. The maximum atomic E-state index is 12.8. The van der Waals surface area contributed by atoms with Crippen molar-refractivity contribution in [1.29, 1.82) is 0 Å². The number of carbonyl (C=O) groups excluding carboxylic acids is 1. The molecule has 3 aromatic rings. The molecule has 152 valence electrons. The maximum absolute atomic E-state index is 12.8. The molecule has 0 saturated heterocycles. The van der Waals surface area contributed by atoms with E-state index in [1.807, 2.05) is 12.1 Å². The Morgan fingerprint density at radius 2 is 1.93 bits per heavy atom. The van der Waals surface area contributed by atoms with Gasteiger partial charge in [-0.25, -0.2) is 9.37 Å². The third-order valence-corrected chi connectivity index (χ3v) is 5.07. The van der Waals surface area contributed by atoms with E-state index in [0.29, 0.717) is 10.8 Å². The van der Waals surface area contributed by atoms with E-state index >= 15 is 0 Å². The van der Waals surface area contributed by atoms with Gasteiger partial charge in [-0.2, -0.15) is 13.2 Å². The van der Waals surface area contributed by atoms with Crippen molar-refractivity contribution in [3.8, 4) is 16.3 Å². The van der Waals surface area contributed by atoms with Crippen LogP contribution in [0, 0.1) is 0 Å². The van der Waals surface area contributed by atoms with Gasteiger partial charge in [0.2, 0.25) is 0 Å². The second kappa shape index (κ2) is 8.79. The van der Waals surface area contributed by atoms with Crippen molar-refractivity contribution >= 4 is 39.1 Å². The average Bonchev–Trinajstić information content (AvgIpc) is 3.10. The molecule has 0 spiro atoms. The molecule has 1 amide bonds. The smallest absolute Gasteiger partial charge is 0.471 e. The van der Waals surface area contributed by atoms with Gasteiger partial charge in [0.05, 0.1) is 16.5 Å². The second-order valence-electron chi connectivity index (χ2n) is 5.89. The van der Waals surface area contributed by atoms with Gasteiger partial charge in [-0.3, -0.25) is 4.79 Å². The van der Waals surface area contributed by atoms with E-state index in [0.717, 1.165) is 20.8 Å². The molecular weight excluding hydrogens is 432 g/mol. The van der Waals surface area contributed by atoms with Crippen LogP contribution in [0.25, 0.3) is 20.8 Å². The Balaban J connectivity index is 1.60. The fourth-order valence-corrected chi connectivity index (χ4v) is 3.55. The van der Waals surface area contributed by atoms with Crippen molar-refractivity contribution in [3.05, 3.63) is 59.4 Å². The lowest BCUT2D eigenvalue weighted by Crippen LogP contribution is -2.38. The van der Waals surface area contributed by atoms with Gasteiger partial charge in [0.1, 0.15) is 17.4 Å². The number of thiazole rings is 1. The molecule has 1 aromatic heterocycles. The third kappa shape index (κ3) is 5.45. The number of ether oxygens (including phenoxy) is 1. The van der Waals surface area contributed by atoms with Crippen LogP contribution in [0.3, 0.4) is 0 Å². The summed E-state index contributed by atoms with van der Waals surface area (Å²) in [5.74, 6) is -1.75. The van der Waals surface area contributed by atoms with Gasteiger partial charge in [0.25, 0.3) is 0 Å². The lowest BCUT2D eigenvalue weighted by atomic mass is 10.2. The Morgan fingerprint density at radius 1 is 1.21 bits per heavy atom. The van der Waals surface area contributed by atoms with Crippen LogP contribution in [-0.4, -0.2) is 30.2 Å². The van der Waals surface area contributed by atoms with Gasteiger partial charge < -0.3 is 10.1 Å². The number of nitrogens with zero attached hydrogens (tertiary/aromatic N) is 1. The minimum atomic E-state index is -5.02. The van der Waals surface area contributed by atoms with E-state index < -0.39 is 18.6 Å². The lowest BCUT2D eigenvalue weighted by Gasteiger charge is -2.11. The van der Waals surface area contributed by atoms with E-state index in [-0.39, 0.29) is 18.5 Å². The molecule has 29 heavy (non-hydrogen) atoms. The van der Waals surface area contributed by atoms with Gasteiger partial charge in [-0.05, 0) is 42.5 Å². The molecule has 0 saturated carbocycles. The van der Waals surface area contributed by atoms with Crippen LogP contribution in [0.2, 0.25) is 5.02 Å². The first-order chi connectivity index (χ1) is 13.8. The van der Waals surface area contributed by atoms with E-state index in [9.17, 15) is 22.4 Å². The number of alkyl halides is 3. The zero-order valence-electron chi connectivity index (χ0n) is 14.6. The lowest BCUT2D eigenvalue weighted by molar-refractivity contribution is -0.173. The van der Waals surface area contributed by atoms with Crippen LogP contribution in [-0.2, 0) is 4.79 Å². The number of halogens is 5. The van der Waals surface area contributed by atoms with Crippen LogP contribution in [0.5, 0.6) is 5.75 Å². The van der Waals surface area contributed by atoms with Crippen molar-refractivity contribution in [2.75, 3.05) is 13.2 Å². The molecule has 0 radical (unpaired) electrons. The normalized spacial score (nSPS) is 12.2. The number of fused-ring (bicyclic) bond motifs is 1. The van der Waals surface area contributed by atoms with Gasteiger partial charge in [0, 0.05) is 22.7 Å². The Morgan fingerprint density at radius 3 is 2.59 bits per heavy atom. The minimum Gasteiger partial charge on any atom is -0.489 e. The molecule has 0 bridgehead atoms. The van der Waals surface area contributed by atoms with Crippen LogP contribution in [0.1, 0.15) is 0 Å². The van der Waals surface area contributed by atoms with Crippen LogP contribution in [0.4, 0.5) is 17.6 Å². The Labute approximate surface area is 171 Å². The Kier molecular flexibility index (Phi) is 6.39. The summed E-state index contributed by atoms with van der Waals surface area (Å²) in [6.45, 7) is -0.922. The van der Waals surface area contributed by atoms with Crippen molar-refractivity contribution in [2.45, 2.75) is 6.18 Å². The summed E-state index contributed by atoms with van der Waals surface area (Å²) in [6.07, 6.45) is -4.92. The summed E-state index contributed by atoms with van der Waals surface area (Å²) in [4.78, 5) is 15.3. The Hall–Kier alpha value is -2.65. The Bertz CT molecular complexity index is 1050. The van der Waals surface area contributed by atoms with E-state index in [4.69, 9.17) is 16.3 Å². The molecule has 0 unspecified atom stereocenters. The van der Waals surface area contributed by atoms with Gasteiger partial charge in [0.15, 0.2) is 0 Å². The van der Waals surface area contributed by atoms with Crippen molar-refractivity contribution in [1.82, 2.24) is 10.3 Å². The third-order valence-electron chi connectivity index (χ3n) is 3.76. The minimum absolute atomic E-state index is 0.108.